The second-order valence-corrected chi connectivity index (χ2v) is 2.77. The average Bonchev–Trinajstić information content (AvgIpc) is 2.15. The molecule has 0 aliphatic heterocycles. The van der Waals surface area contributed by atoms with Gasteiger partial charge in [-0.1, -0.05) is 49.4 Å². The highest BCUT2D eigenvalue weighted by molar-refractivity contribution is 5.22. The standard InChI is InChI=1S/C11H15N/c1-2-3-9-11(12)10-7-5-4-6-8-10/h3-9,11H,2,12H2,1H3. The molecular weight excluding hydrogens is 146 g/mol. The van der Waals surface area contributed by atoms with Crippen molar-refractivity contribution in [2.45, 2.75) is 19.4 Å². The van der Waals surface area contributed by atoms with Crippen LogP contribution in [0.1, 0.15) is 24.9 Å². The van der Waals surface area contributed by atoms with Crippen LogP contribution in [-0.4, -0.2) is 0 Å². The van der Waals surface area contributed by atoms with Crippen LogP contribution in [0.2, 0.25) is 0 Å². The number of allylic oxidation sites excluding steroid dienone is 1. The van der Waals surface area contributed by atoms with Crippen LogP contribution in [-0.2, 0) is 0 Å². The molecule has 1 rings (SSSR count). The van der Waals surface area contributed by atoms with Crippen molar-refractivity contribution in [2.75, 3.05) is 0 Å². The Bertz CT molecular complexity index is 238. The number of hydrogen-bond acceptors (Lipinski definition) is 1. The maximum Gasteiger partial charge on any atom is 0.0481 e. The molecule has 0 saturated carbocycles. The molecule has 0 spiro atoms. The van der Waals surface area contributed by atoms with Crippen molar-refractivity contribution in [3.63, 3.8) is 0 Å². The van der Waals surface area contributed by atoms with Gasteiger partial charge in [-0.25, -0.2) is 0 Å². The lowest BCUT2D eigenvalue weighted by Crippen LogP contribution is -2.06. The summed E-state index contributed by atoms with van der Waals surface area (Å²) in [6.45, 7) is 2.11. The van der Waals surface area contributed by atoms with Crippen LogP contribution >= 0.6 is 0 Å². The van der Waals surface area contributed by atoms with E-state index in [1.807, 2.05) is 36.4 Å². The molecule has 0 amide bonds. The van der Waals surface area contributed by atoms with E-state index in [2.05, 4.69) is 13.0 Å². The number of benzene rings is 1. The molecule has 1 atom stereocenters. The molecule has 1 nitrogen and oxygen atoms in total. The van der Waals surface area contributed by atoms with E-state index in [1.54, 1.807) is 0 Å². The summed E-state index contributed by atoms with van der Waals surface area (Å²) in [6.07, 6.45) is 5.17. The quantitative estimate of drug-likeness (QED) is 0.678. The molecule has 12 heavy (non-hydrogen) atoms. The fourth-order valence-electron chi connectivity index (χ4n) is 1.07. The Balaban J connectivity index is 2.65. The predicted molar refractivity (Wildman–Crippen MR) is 52.8 cm³/mol. The molecule has 0 saturated heterocycles. The zero-order valence-electron chi connectivity index (χ0n) is 7.40. The molecule has 0 aromatic heterocycles. The third-order valence-corrected chi connectivity index (χ3v) is 1.76. The van der Waals surface area contributed by atoms with Gasteiger partial charge in [-0.2, -0.15) is 0 Å². The first-order valence-corrected chi connectivity index (χ1v) is 4.31. The van der Waals surface area contributed by atoms with E-state index in [1.165, 1.54) is 5.56 Å². The van der Waals surface area contributed by atoms with Gasteiger partial charge in [0, 0.05) is 6.04 Å². The Morgan fingerprint density at radius 1 is 1.33 bits per heavy atom. The van der Waals surface area contributed by atoms with Gasteiger partial charge in [0.25, 0.3) is 0 Å². The van der Waals surface area contributed by atoms with Gasteiger partial charge < -0.3 is 5.73 Å². The van der Waals surface area contributed by atoms with Crippen LogP contribution in [0, 0.1) is 0 Å². The minimum absolute atomic E-state index is 0.0474. The van der Waals surface area contributed by atoms with Gasteiger partial charge in [-0.15, -0.1) is 0 Å². The van der Waals surface area contributed by atoms with E-state index in [0.29, 0.717) is 0 Å². The summed E-state index contributed by atoms with van der Waals surface area (Å²) < 4.78 is 0. The number of nitrogens with two attached hydrogens (primary N) is 1. The lowest BCUT2D eigenvalue weighted by atomic mass is 10.1. The Labute approximate surface area is 73.9 Å². The summed E-state index contributed by atoms with van der Waals surface area (Å²) >= 11 is 0. The Hall–Kier alpha value is -1.08. The molecule has 1 aromatic rings. The SMILES string of the molecule is CCC=CC(N)c1ccccc1. The van der Waals surface area contributed by atoms with Gasteiger partial charge in [0.2, 0.25) is 0 Å². The normalized spacial score (nSPS) is 13.5. The van der Waals surface area contributed by atoms with Crippen molar-refractivity contribution in [2.24, 2.45) is 5.73 Å². The van der Waals surface area contributed by atoms with Crippen molar-refractivity contribution in [3.8, 4) is 0 Å². The zero-order chi connectivity index (χ0) is 8.81. The first-order chi connectivity index (χ1) is 5.84. The van der Waals surface area contributed by atoms with Gasteiger partial charge in [0.05, 0.1) is 0 Å². The monoisotopic (exact) mass is 161 g/mol. The van der Waals surface area contributed by atoms with Crippen molar-refractivity contribution in [1.29, 1.82) is 0 Å². The number of hydrogen-bond donors (Lipinski definition) is 1. The average molecular weight is 161 g/mol. The Morgan fingerprint density at radius 2 is 2.00 bits per heavy atom. The predicted octanol–water partition coefficient (Wildman–Crippen LogP) is 2.65. The summed E-state index contributed by atoms with van der Waals surface area (Å²) in [5.74, 6) is 0. The fraction of sp³-hybridized carbons (Fsp3) is 0.273. The topological polar surface area (TPSA) is 26.0 Å². The van der Waals surface area contributed by atoms with E-state index in [0.717, 1.165) is 6.42 Å². The van der Waals surface area contributed by atoms with Crippen LogP contribution in [0.15, 0.2) is 42.5 Å². The second-order valence-electron chi connectivity index (χ2n) is 2.77. The molecule has 2 N–H and O–H groups in total. The zero-order valence-corrected chi connectivity index (χ0v) is 7.40. The van der Waals surface area contributed by atoms with Crippen molar-refractivity contribution in [3.05, 3.63) is 48.0 Å². The lowest BCUT2D eigenvalue weighted by Gasteiger charge is -2.05. The molecule has 1 unspecified atom stereocenters. The first kappa shape index (κ1) is 9.01. The Kier molecular flexibility index (Phi) is 3.55. The minimum Gasteiger partial charge on any atom is -0.321 e. The van der Waals surface area contributed by atoms with Gasteiger partial charge in [0.15, 0.2) is 0 Å². The highest BCUT2D eigenvalue weighted by atomic mass is 14.6. The summed E-state index contributed by atoms with van der Waals surface area (Å²) in [4.78, 5) is 0. The van der Waals surface area contributed by atoms with E-state index in [-0.39, 0.29) is 6.04 Å². The maximum atomic E-state index is 5.89. The minimum atomic E-state index is 0.0474. The third kappa shape index (κ3) is 2.51. The fourth-order valence-corrected chi connectivity index (χ4v) is 1.07. The summed E-state index contributed by atoms with van der Waals surface area (Å²) in [7, 11) is 0. The van der Waals surface area contributed by atoms with Crippen LogP contribution in [0.3, 0.4) is 0 Å². The molecule has 1 aromatic carbocycles. The molecule has 0 bridgehead atoms. The van der Waals surface area contributed by atoms with E-state index < -0.39 is 0 Å². The smallest absolute Gasteiger partial charge is 0.0481 e. The summed E-state index contributed by atoms with van der Waals surface area (Å²) in [5, 5.41) is 0. The van der Waals surface area contributed by atoms with Crippen LogP contribution in [0.4, 0.5) is 0 Å². The van der Waals surface area contributed by atoms with Crippen molar-refractivity contribution < 1.29 is 0 Å². The largest absolute Gasteiger partial charge is 0.321 e. The highest BCUT2D eigenvalue weighted by Gasteiger charge is 1.97. The molecule has 0 aliphatic carbocycles. The molecule has 0 heterocycles. The molecule has 1 heteroatoms. The van der Waals surface area contributed by atoms with Crippen LogP contribution in [0.5, 0.6) is 0 Å². The van der Waals surface area contributed by atoms with Gasteiger partial charge in [-0.05, 0) is 12.0 Å². The molecule has 64 valence electrons. The lowest BCUT2D eigenvalue weighted by molar-refractivity contribution is 0.904. The summed E-state index contributed by atoms with van der Waals surface area (Å²) in [6, 6.07) is 10.2. The van der Waals surface area contributed by atoms with Crippen LogP contribution < -0.4 is 5.73 Å². The number of rotatable bonds is 3. The summed E-state index contributed by atoms with van der Waals surface area (Å²) in [5.41, 5.74) is 7.06. The van der Waals surface area contributed by atoms with Crippen molar-refractivity contribution >= 4 is 0 Å². The molecule has 0 fully saturated rings. The van der Waals surface area contributed by atoms with Gasteiger partial charge in [-0.3, -0.25) is 0 Å². The van der Waals surface area contributed by atoms with E-state index in [4.69, 9.17) is 5.73 Å². The van der Waals surface area contributed by atoms with Crippen molar-refractivity contribution in [1.82, 2.24) is 0 Å². The second kappa shape index (κ2) is 4.73. The molecule has 0 aliphatic rings. The Morgan fingerprint density at radius 3 is 2.58 bits per heavy atom. The highest BCUT2D eigenvalue weighted by Crippen LogP contribution is 2.10. The van der Waals surface area contributed by atoms with E-state index >= 15 is 0 Å². The molecule has 0 radical (unpaired) electrons. The van der Waals surface area contributed by atoms with Crippen LogP contribution in [0.25, 0.3) is 0 Å². The maximum absolute atomic E-state index is 5.89. The third-order valence-electron chi connectivity index (χ3n) is 1.76. The van der Waals surface area contributed by atoms with Gasteiger partial charge >= 0.3 is 0 Å². The van der Waals surface area contributed by atoms with Gasteiger partial charge in [0.1, 0.15) is 0 Å². The molecular formula is C11H15N. The first-order valence-electron chi connectivity index (χ1n) is 4.31. The van der Waals surface area contributed by atoms with E-state index in [9.17, 15) is 0 Å².